The summed E-state index contributed by atoms with van der Waals surface area (Å²) in [6.07, 6.45) is 0. The second-order valence-corrected chi connectivity index (χ2v) is 7.13. The van der Waals surface area contributed by atoms with E-state index in [-0.39, 0.29) is 22.9 Å². The molecule has 1 aromatic heterocycles. The Bertz CT molecular complexity index is 895. The maximum atomic E-state index is 12.9. The van der Waals surface area contributed by atoms with Gasteiger partial charge in [0.05, 0.1) is 26.5 Å². The van der Waals surface area contributed by atoms with E-state index in [9.17, 15) is 13.2 Å². The molecule has 0 radical (unpaired) electrons. The van der Waals surface area contributed by atoms with Gasteiger partial charge in [0.2, 0.25) is 0 Å². The predicted molar refractivity (Wildman–Crippen MR) is 96.6 cm³/mol. The minimum atomic E-state index is -3.95. The molecule has 0 amide bonds. The van der Waals surface area contributed by atoms with Gasteiger partial charge in [0, 0.05) is 29.5 Å². The lowest BCUT2D eigenvalue weighted by Crippen LogP contribution is -2.15. The summed E-state index contributed by atoms with van der Waals surface area (Å²) in [5.41, 5.74) is 1.03. The molecule has 0 fully saturated rings. The Labute approximate surface area is 152 Å². The quantitative estimate of drug-likeness (QED) is 0.713. The third-order valence-electron chi connectivity index (χ3n) is 3.72. The molecule has 0 spiro atoms. The fourth-order valence-electron chi connectivity index (χ4n) is 2.62. The van der Waals surface area contributed by atoms with Gasteiger partial charge in [0.1, 0.15) is 22.1 Å². The van der Waals surface area contributed by atoms with Gasteiger partial charge in [-0.3, -0.25) is 4.72 Å². The Balaban J connectivity index is 2.44. The molecule has 8 nitrogen and oxygen atoms in total. The minimum absolute atomic E-state index is 0.00217. The Morgan fingerprint density at radius 3 is 2.19 bits per heavy atom. The zero-order valence-electron chi connectivity index (χ0n) is 15.3. The number of H-pyrrole nitrogens is 1. The normalized spacial score (nSPS) is 11.1. The van der Waals surface area contributed by atoms with Crippen LogP contribution in [-0.4, -0.2) is 40.2 Å². The van der Waals surface area contributed by atoms with E-state index in [0.29, 0.717) is 22.8 Å². The zero-order valence-corrected chi connectivity index (χ0v) is 16.1. The SMILES string of the molecule is CCOC(=O)c1[nH]c(C)c(S(=O)(=O)Nc2cc(OC)cc(OC)c2)c1C. The first-order valence-electron chi connectivity index (χ1n) is 7.85. The number of methoxy groups -OCH3 is 2. The topological polar surface area (TPSA) is 107 Å². The van der Waals surface area contributed by atoms with E-state index in [2.05, 4.69) is 9.71 Å². The zero-order chi connectivity index (χ0) is 19.5. The van der Waals surface area contributed by atoms with Gasteiger partial charge in [-0.15, -0.1) is 0 Å². The molecular formula is C17H22N2O6S. The highest BCUT2D eigenvalue weighted by Crippen LogP contribution is 2.30. The van der Waals surface area contributed by atoms with E-state index in [1.165, 1.54) is 26.4 Å². The number of anilines is 1. The Kier molecular flexibility index (Phi) is 5.81. The summed E-state index contributed by atoms with van der Waals surface area (Å²) in [7, 11) is -1.01. The van der Waals surface area contributed by atoms with Crippen molar-refractivity contribution in [3.05, 3.63) is 35.2 Å². The number of carbonyl (C=O) groups excluding carboxylic acids is 1. The molecule has 2 N–H and O–H groups in total. The lowest BCUT2D eigenvalue weighted by Gasteiger charge is -2.12. The van der Waals surface area contributed by atoms with Crippen LogP contribution < -0.4 is 14.2 Å². The monoisotopic (exact) mass is 382 g/mol. The first kappa shape index (κ1) is 19.6. The number of sulfonamides is 1. The second kappa shape index (κ2) is 7.69. The van der Waals surface area contributed by atoms with Crippen LogP contribution in [0.2, 0.25) is 0 Å². The van der Waals surface area contributed by atoms with Gasteiger partial charge >= 0.3 is 5.97 Å². The van der Waals surface area contributed by atoms with Gasteiger partial charge in [0.15, 0.2) is 0 Å². The summed E-state index contributed by atoms with van der Waals surface area (Å²) in [6, 6.07) is 4.69. The molecule has 0 saturated heterocycles. The highest BCUT2D eigenvalue weighted by Gasteiger charge is 2.27. The number of hydrogen-bond acceptors (Lipinski definition) is 6. The van der Waals surface area contributed by atoms with Crippen LogP contribution in [0, 0.1) is 13.8 Å². The van der Waals surface area contributed by atoms with Crippen LogP contribution in [-0.2, 0) is 14.8 Å². The van der Waals surface area contributed by atoms with Gasteiger partial charge in [-0.1, -0.05) is 0 Å². The number of aromatic nitrogens is 1. The maximum absolute atomic E-state index is 12.9. The molecule has 0 bridgehead atoms. The molecule has 1 aromatic carbocycles. The predicted octanol–water partition coefficient (Wildman–Crippen LogP) is 2.63. The number of esters is 1. The summed E-state index contributed by atoms with van der Waals surface area (Å²) in [5, 5.41) is 0. The van der Waals surface area contributed by atoms with E-state index in [1.54, 1.807) is 26.8 Å². The molecule has 0 aliphatic carbocycles. The lowest BCUT2D eigenvalue weighted by molar-refractivity contribution is 0.0519. The molecule has 26 heavy (non-hydrogen) atoms. The number of nitrogens with one attached hydrogen (secondary N) is 2. The molecular weight excluding hydrogens is 360 g/mol. The van der Waals surface area contributed by atoms with E-state index in [4.69, 9.17) is 14.2 Å². The second-order valence-electron chi connectivity index (χ2n) is 5.51. The number of rotatable bonds is 7. The smallest absolute Gasteiger partial charge is 0.355 e. The van der Waals surface area contributed by atoms with Gasteiger partial charge in [-0.2, -0.15) is 0 Å². The van der Waals surface area contributed by atoms with Crippen LogP contribution >= 0.6 is 0 Å². The van der Waals surface area contributed by atoms with Crippen molar-refractivity contribution in [3.63, 3.8) is 0 Å². The molecule has 2 rings (SSSR count). The average Bonchev–Trinajstić information content (AvgIpc) is 2.89. The van der Waals surface area contributed by atoms with Gasteiger partial charge in [-0.25, -0.2) is 13.2 Å². The van der Waals surface area contributed by atoms with Gasteiger partial charge < -0.3 is 19.2 Å². The molecule has 2 aromatic rings. The fourth-order valence-corrected chi connectivity index (χ4v) is 4.11. The first-order valence-corrected chi connectivity index (χ1v) is 9.34. The summed E-state index contributed by atoms with van der Waals surface area (Å²) >= 11 is 0. The van der Waals surface area contributed by atoms with Crippen LogP contribution in [0.1, 0.15) is 28.7 Å². The number of carbonyl (C=O) groups is 1. The van der Waals surface area contributed by atoms with Crippen LogP contribution in [0.5, 0.6) is 11.5 Å². The van der Waals surface area contributed by atoms with Crippen LogP contribution in [0.15, 0.2) is 23.1 Å². The lowest BCUT2D eigenvalue weighted by atomic mass is 10.2. The van der Waals surface area contributed by atoms with Crippen molar-refractivity contribution in [3.8, 4) is 11.5 Å². The number of hydrogen-bond donors (Lipinski definition) is 2. The summed E-state index contributed by atoms with van der Waals surface area (Å²) in [4.78, 5) is 14.8. The average molecular weight is 382 g/mol. The summed E-state index contributed by atoms with van der Waals surface area (Å²) in [5.74, 6) is 0.283. The minimum Gasteiger partial charge on any atom is -0.497 e. The molecule has 0 unspecified atom stereocenters. The molecule has 142 valence electrons. The van der Waals surface area contributed by atoms with Crippen molar-refractivity contribution in [1.29, 1.82) is 0 Å². The van der Waals surface area contributed by atoms with Gasteiger partial charge in [-0.05, 0) is 20.8 Å². The Morgan fingerprint density at radius 2 is 1.69 bits per heavy atom. The first-order chi connectivity index (χ1) is 12.2. The number of benzene rings is 1. The highest BCUT2D eigenvalue weighted by atomic mass is 32.2. The number of ether oxygens (including phenoxy) is 3. The molecule has 0 saturated carbocycles. The van der Waals surface area contributed by atoms with Crippen LogP contribution in [0.25, 0.3) is 0 Å². The highest BCUT2D eigenvalue weighted by molar-refractivity contribution is 7.92. The summed E-state index contributed by atoms with van der Waals surface area (Å²) < 4.78 is 43.5. The molecule has 9 heteroatoms. The van der Waals surface area contributed by atoms with Crippen molar-refractivity contribution in [2.75, 3.05) is 25.5 Å². The van der Waals surface area contributed by atoms with E-state index >= 15 is 0 Å². The standard InChI is InChI=1S/C17H22N2O6S/c1-6-25-17(20)15-10(2)16(11(3)18-15)26(21,22)19-12-7-13(23-4)9-14(8-12)24-5/h7-9,18-19H,6H2,1-5H3. The number of aryl methyl sites for hydroxylation is 1. The molecule has 0 aliphatic heterocycles. The Hall–Kier alpha value is -2.68. The Morgan fingerprint density at radius 1 is 1.12 bits per heavy atom. The van der Waals surface area contributed by atoms with E-state index in [0.717, 1.165) is 0 Å². The third-order valence-corrected chi connectivity index (χ3v) is 5.37. The van der Waals surface area contributed by atoms with E-state index in [1.807, 2.05) is 0 Å². The largest absolute Gasteiger partial charge is 0.497 e. The van der Waals surface area contributed by atoms with Crippen molar-refractivity contribution < 1.29 is 27.4 Å². The molecule has 0 aliphatic rings. The fraction of sp³-hybridized carbons (Fsp3) is 0.353. The van der Waals surface area contributed by atoms with E-state index < -0.39 is 16.0 Å². The maximum Gasteiger partial charge on any atom is 0.355 e. The van der Waals surface area contributed by atoms with Gasteiger partial charge in [0.25, 0.3) is 10.0 Å². The van der Waals surface area contributed by atoms with Crippen molar-refractivity contribution in [2.24, 2.45) is 0 Å². The van der Waals surface area contributed by atoms with Crippen LogP contribution in [0.3, 0.4) is 0 Å². The molecule has 0 atom stereocenters. The van der Waals surface area contributed by atoms with Crippen molar-refractivity contribution >= 4 is 21.7 Å². The molecule has 1 heterocycles. The van der Waals surface area contributed by atoms with Crippen molar-refractivity contribution in [2.45, 2.75) is 25.7 Å². The summed E-state index contributed by atoms with van der Waals surface area (Å²) in [6.45, 7) is 5.01. The van der Waals surface area contributed by atoms with Crippen LogP contribution in [0.4, 0.5) is 5.69 Å². The third kappa shape index (κ3) is 3.93. The van der Waals surface area contributed by atoms with Crippen molar-refractivity contribution in [1.82, 2.24) is 4.98 Å². The number of aromatic amines is 1.